The van der Waals surface area contributed by atoms with Crippen LogP contribution in [0.15, 0.2) is 0 Å². The highest BCUT2D eigenvalue weighted by molar-refractivity contribution is 7.86. The molecule has 1 aliphatic heterocycles. The Morgan fingerprint density at radius 3 is 2.11 bits per heavy atom. The van der Waals surface area contributed by atoms with E-state index in [1.807, 2.05) is 4.90 Å². The van der Waals surface area contributed by atoms with Crippen LogP contribution in [0, 0.1) is 5.92 Å². The van der Waals surface area contributed by atoms with E-state index in [4.69, 9.17) is 13.0 Å². The minimum Gasteiger partial charge on any atom is -0.741 e. The van der Waals surface area contributed by atoms with E-state index in [-0.39, 0.29) is 0 Å². The fourth-order valence-electron chi connectivity index (χ4n) is 1.95. The summed E-state index contributed by atoms with van der Waals surface area (Å²) in [6, 6.07) is 0. The van der Waals surface area contributed by atoms with Gasteiger partial charge in [0.25, 0.3) is 0 Å². The summed E-state index contributed by atoms with van der Waals surface area (Å²) < 4.78 is 58.9. The van der Waals surface area contributed by atoms with Crippen LogP contribution in [0.1, 0.15) is 33.1 Å². The van der Waals surface area contributed by atoms with Crippen molar-refractivity contribution in [1.82, 2.24) is 0 Å². The smallest absolute Gasteiger partial charge is 0.485 e. The lowest BCUT2D eigenvalue weighted by Crippen LogP contribution is -3.10. The Hall–Kier alpha value is -0.340. The molecule has 4 nitrogen and oxygen atoms in total. The van der Waals surface area contributed by atoms with Crippen LogP contribution in [-0.2, 0) is 10.1 Å². The first-order chi connectivity index (χ1) is 8.11. The largest absolute Gasteiger partial charge is 0.741 e. The average Bonchev–Trinajstić information content (AvgIpc) is 2.64. The van der Waals surface area contributed by atoms with Gasteiger partial charge in [-0.2, -0.15) is 13.2 Å². The number of likely N-dealkylation sites (tertiary alicyclic amines) is 1. The maximum absolute atomic E-state index is 10.7. The van der Waals surface area contributed by atoms with Gasteiger partial charge in [-0.25, -0.2) is 8.42 Å². The van der Waals surface area contributed by atoms with Crippen molar-refractivity contribution < 1.29 is 31.0 Å². The predicted molar refractivity (Wildman–Crippen MR) is 60.0 cm³/mol. The molecule has 0 spiro atoms. The van der Waals surface area contributed by atoms with Crippen LogP contribution in [0.25, 0.3) is 0 Å². The average molecular weight is 291 g/mol. The van der Waals surface area contributed by atoms with E-state index >= 15 is 0 Å². The quantitative estimate of drug-likeness (QED) is 0.617. The SMILES string of the molecule is CCC[NH+]1CCC(CC)C1.O=S(=O)([O-])C(F)(F)F. The van der Waals surface area contributed by atoms with Crippen LogP contribution in [0.5, 0.6) is 0 Å². The van der Waals surface area contributed by atoms with E-state index in [1.165, 1.54) is 38.9 Å². The van der Waals surface area contributed by atoms with Gasteiger partial charge in [0.1, 0.15) is 0 Å². The molecule has 18 heavy (non-hydrogen) atoms. The van der Waals surface area contributed by atoms with Crippen LogP contribution in [0.2, 0.25) is 0 Å². The minimum atomic E-state index is -6.09. The van der Waals surface area contributed by atoms with Crippen molar-refractivity contribution in [1.29, 1.82) is 0 Å². The highest BCUT2D eigenvalue weighted by Gasteiger charge is 2.36. The molecular formula is C10H20F3NO3S. The van der Waals surface area contributed by atoms with Gasteiger partial charge in [0, 0.05) is 12.3 Å². The van der Waals surface area contributed by atoms with Crippen LogP contribution in [0.3, 0.4) is 0 Å². The third-order valence-corrected chi connectivity index (χ3v) is 3.51. The Balaban J connectivity index is 0.000000331. The zero-order valence-corrected chi connectivity index (χ0v) is 11.4. The third kappa shape index (κ3) is 6.55. The molecule has 1 fully saturated rings. The summed E-state index contributed by atoms with van der Waals surface area (Å²) in [4.78, 5) is 1.84. The summed E-state index contributed by atoms with van der Waals surface area (Å²) in [5.74, 6) is 1.04. The number of nitrogens with one attached hydrogen (secondary N) is 1. The Labute approximate surface area is 106 Å². The van der Waals surface area contributed by atoms with Crippen LogP contribution < -0.4 is 4.90 Å². The van der Waals surface area contributed by atoms with Crippen molar-refractivity contribution in [3.8, 4) is 0 Å². The van der Waals surface area contributed by atoms with E-state index in [0.29, 0.717) is 0 Å². The molecule has 0 aromatic heterocycles. The van der Waals surface area contributed by atoms with Crippen LogP contribution >= 0.6 is 0 Å². The molecule has 0 bridgehead atoms. The van der Waals surface area contributed by atoms with Crippen molar-refractivity contribution in [2.75, 3.05) is 19.6 Å². The number of halogens is 3. The fourth-order valence-corrected chi connectivity index (χ4v) is 1.95. The molecule has 0 aromatic carbocycles. The molecule has 0 saturated carbocycles. The predicted octanol–water partition coefficient (Wildman–Crippen LogP) is 0.763. The Morgan fingerprint density at radius 1 is 1.33 bits per heavy atom. The van der Waals surface area contributed by atoms with Gasteiger partial charge in [-0.3, -0.25) is 0 Å². The summed E-state index contributed by atoms with van der Waals surface area (Å²) in [5.41, 5.74) is -5.65. The lowest BCUT2D eigenvalue weighted by molar-refractivity contribution is -0.889. The Bertz CT molecular complexity index is 330. The zero-order valence-electron chi connectivity index (χ0n) is 10.6. The molecule has 0 aromatic rings. The minimum absolute atomic E-state index is 1.04. The Kier molecular flexibility index (Phi) is 7.16. The highest BCUT2D eigenvalue weighted by atomic mass is 32.2. The first kappa shape index (κ1) is 17.7. The fraction of sp³-hybridized carbons (Fsp3) is 1.00. The van der Waals surface area contributed by atoms with E-state index in [0.717, 1.165) is 5.92 Å². The third-order valence-electron chi connectivity index (χ3n) is 2.95. The van der Waals surface area contributed by atoms with E-state index in [2.05, 4.69) is 13.8 Å². The van der Waals surface area contributed by atoms with Gasteiger partial charge in [-0.1, -0.05) is 13.8 Å². The molecular weight excluding hydrogens is 271 g/mol. The van der Waals surface area contributed by atoms with Gasteiger partial charge in [0.15, 0.2) is 10.1 Å². The normalized spacial score (nSPS) is 24.6. The number of quaternary nitrogens is 1. The van der Waals surface area contributed by atoms with Gasteiger partial charge in [0.2, 0.25) is 0 Å². The topological polar surface area (TPSA) is 61.6 Å². The van der Waals surface area contributed by atoms with Crippen LogP contribution in [0.4, 0.5) is 13.2 Å². The molecule has 1 rings (SSSR count). The second-order valence-corrected chi connectivity index (χ2v) is 5.79. The summed E-state index contributed by atoms with van der Waals surface area (Å²) in [7, 11) is -6.09. The molecule has 1 saturated heterocycles. The lowest BCUT2D eigenvalue weighted by Gasteiger charge is -2.10. The van der Waals surface area contributed by atoms with E-state index in [9.17, 15) is 13.2 Å². The maximum Gasteiger partial charge on any atom is 0.485 e. The summed E-state index contributed by atoms with van der Waals surface area (Å²) >= 11 is 0. The summed E-state index contributed by atoms with van der Waals surface area (Å²) in [6.07, 6.45) is 4.23. The molecule has 110 valence electrons. The second-order valence-electron chi connectivity index (χ2n) is 4.42. The first-order valence-electron chi connectivity index (χ1n) is 5.97. The van der Waals surface area contributed by atoms with Gasteiger partial charge < -0.3 is 9.45 Å². The van der Waals surface area contributed by atoms with Crippen molar-refractivity contribution in [2.24, 2.45) is 5.92 Å². The number of hydrogen-bond donors (Lipinski definition) is 1. The van der Waals surface area contributed by atoms with Gasteiger partial charge in [0.05, 0.1) is 19.6 Å². The molecule has 8 heteroatoms. The maximum atomic E-state index is 10.7. The Morgan fingerprint density at radius 2 is 1.83 bits per heavy atom. The molecule has 0 radical (unpaired) electrons. The van der Waals surface area contributed by atoms with Crippen molar-refractivity contribution in [2.45, 2.75) is 38.6 Å². The summed E-state index contributed by atoms with van der Waals surface area (Å²) in [5, 5.41) is 0. The van der Waals surface area contributed by atoms with Gasteiger partial charge in [-0.05, 0) is 12.8 Å². The first-order valence-corrected chi connectivity index (χ1v) is 7.38. The zero-order chi connectivity index (χ0) is 14.4. The van der Waals surface area contributed by atoms with Crippen LogP contribution in [-0.4, -0.2) is 38.1 Å². The van der Waals surface area contributed by atoms with Gasteiger partial charge >= 0.3 is 5.51 Å². The monoisotopic (exact) mass is 291 g/mol. The lowest BCUT2D eigenvalue weighted by atomic mass is 10.1. The molecule has 2 atom stereocenters. The molecule has 1 heterocycles. The number of hydrogen-bond acceptors (Lipinski definition) is 3. The highest BCUT2D eigenvalue weighted by Crippen LogP contribution is 2.20. The molecule has 0 aliphatic carbocycles. The molecule has 1 aliphatic rings. The standard InChI is InChI=1S/C9H19N.CHF3O3S/c1-3-6-10-7-5-9(4-2)8-10;2-1(3,4)8(5,6)7/h9H,3-8H2,1-2H3;(H,5,6,7). The second kappa shape index (κ2) is 7.30. The van der Waals surface area contributed by atoms with Gasteiger partial charge in [-0.15, -0.1) is 0 Å². The molecule has 1 N–H and O–H groups in total. The number of alkyl halides is 3. The molecule has 2 unspecified atom stereocenters. The van der Waals surface area contributed by atoms with Crippen molar-refractivity contribution >= 4 is 10.1 Å². The van der Waals surface area contributed by atoms with E-state index < -0.39 is 15.6 Å². The van der Waals surface area contributed by atoms with E-state index in [1.54, 1.807) is 0 Å². The molecule has 0 amide bonds. The number of rotatable bonds is 3. The van der Waals surface area contributed by atoms with Crippen molar-refractivity contribution in [3.05, 3.63) is 0 Å². The summed E-state index contributed by atoms with van der Waals surface area (Å²) in [6.45, 7) is 8.89. The van der Waals surface area contributed by atoms with Crippen molar-refractivity contribution in [3.63, 3.8) is 0 Å².